The molecule has 1 aliphatic rings. The fourth-order valence-corrected chi connectivity index (χ4v) is 2.63. The van der Waals surface area contributed by atoms with Crippen LogP contribution in [0.4, 0.5) is 17.5 Å². The van der Waals surface area contributed by atoms with E-state index in [1.54, 1.807) is 6.20 Å². The first-order chi connectivity index (χ1) is 10.2. The molecule has 7 heteroatoms. The predicted molar refractivity (Wildman–Crippen MR) is 87.0 cm³/mol. The Kier molecular flexibility index (Phi) is 4.31. The smallest absolute Gasteiger partial charge is 0.249 e. The first-order valence-electron chi connectivity index (χ1n) is 6.86. The van der Waals surface area contributed by atoms with Crippen molar-refractivity contribution in [2.75, 3.05) is 43.4 Å². The van der Waals surface area contributed by atoms with Crippen molar-refractivity contribution >= 4 is 33.4 Å². The minimum atomic E-state index is 0.518. The van der Waals surface area contributed by atoms with Gasteiger partial charge in [-0.1, -0.05) is 22.0 Å². The van der Waals surface area contributed by atoms with Gasteiger partial charge in [0.2, 0.25) is 5.95 Å². The van der Waals surface area contributed by atoms with Crippen molar-refractivity contribution in [2.45, 2.75) is 0 Å². The van der Waals surface area contributed by atoms with Gasteiger partial charge >= 0.3 is 0 Å². The Bertz CT molecular complexity index is 612. The van der Waals surface area contributed by atoms with Gasteiger partial charge in [0.25, 0.3) is 0 Å². The highest BCUT2D eigenvalue weighted by Gasteiger charge is 2.16. The lowest BCUT2D eigenvalue weighted by Crippen LogP contribution is -2.44. The number of halogens is 1. The number of likely N-dealkylation sites (N-methyl/N-ethyl adjacent to an activating group) is 1. The highest BCUT2D eigenvalue weighted by molar-refractivity contribution is 9.10. The van der Waals surface area contributed by atoms with Gasteiger partial charge in [-0.3, -0.25) is 0 Å². The summed E-state index contributed by atoms with van der Waals surface area (Å²) < 4.78 is 1.01. The topological polar surface area (TPSA) is 57.2 Å². The van der Waals surface area contributed by atoms with Gasteiger partial charge in [-0.15, -0.1) is 5.10 Å². The molecule has 1 aromatic carbocycles. The summed E-state index contributed by atoms with van der Waals surface area (Å²) in [7, 11) is 2.13. The van der Waals surface area contributed by atoms with Crippen LogP contribution in [-0.4, -0.2) is 53.3 Å². The molecule has 2 heterocycles. The molecule has 0 aliphatic carbocycles. The number of hydrogen-bond donors (Lipinski definition) is 1. The Labute approximate surface area is 132 Å². The highest BCUT2D eigenvalue weighted by atomic mass is 79.9. The number of piperazine rings is 1. The summed E-state index contributed by atoms with van der Waals surface area (Å²) in [5.74, 6) is 1.39. The second-order valence-electron chi connectivity index (χ2n) is 5.06. The Morgan fingerprint density at radius 3 is 2.76 bits per heavy atom. The molecular formula is C14H17BrN6. The van der Waals surface area contributed by atoms with Crippen LogP contribution in [0, 0.1) is 0 Å². The molecule has 3 rings (SSSR count). The first-order valence-corrected chi connectivity index (χ1v) is 7.66. The van der Waals surface area contributed by atoms with Crippen LogP contribution in [0.5, 0.6) is 0 Å². The lowest BCUT2D eigenvalue weighted by atomic mass is 10.3. The van der Waals surface area contributed by atoms with Crippen molar-refractivity contribution in [3.05, 3.63) is 34.9 Å². The third-order valence-corrected chi connectivity index (χ3v) is 3.95. The number of rotatable bonds is 3. The van der Waals surface area contributed by atoms with Gasteiger partial charge in [-0.25, -0.2) is 0 Å². The van der Waals surface area contributed by atoms with Crippen LogP contribution in [0.15, 0.2) is 34.9 Å². The largest absolute Gasteiger partial charge is 0.353 e. The molecule has 1 saturated heterocycles. The second kappa shape index (κ2) is 6.36. The Hall–Kier alpha value is -1.73. The maximum Gasteiger partial charge on any atom is 0.249 e. The standard InChI is InChI=1S/C14H17BrN6/c1-20-5-7-21(8-6-20)13-10-16-19-14(18-13)17-12-4-2-3-11(15)9-12/h2-4,9-10H,5-8H2,1H3,(H,17,18,19). The monoisotopic (exact) mass is 348 g/mol. The van der Waals surface area contributed by atoms with Crippen molar-refractivity contribution < 1.29 is 0 Å². The maximum atomic E-state index is 4.55. The summed E-state index contributed by atoms with van der Waals surface area (Å²) in [5.41, 5.74) is 0.932. The molecule has 0 spiro atoms. The summed E-state index contributed by atoms with van der Waals surface area (Å²) in [5, 5.41) is 11.3. The van der Waals surface area contributed by atoms with Gasteiger partial charge in [0.1, 0.15) is 0 Å². The molecule has 0 radical (unpaired) electrons. The molecule has 6 nitrogen and oxygen atoms in total. The van der Waals surface area contributed by atoms with E-state index in [4.69, 9.17) is 0 Å². The van der Waals surface area contributed by atoms with E-state index in [2.05, 4.69) is 53.3 Å². The minimum Gasteiger partial charge on any atom is -0.353 e. The Morgan fingerprint density at radius 1 is 1.19 bits per heavy atom. The van der Waals surface area contributed by atoms with Crippen molar-refractivity contribution in [3.8, 4) is 0 Å². The zero-order valence-corrected chi connectivity index (χ0v) is 13.4. The molecule has 1 aliphatic heterocycles. The van der Waals surface area contributed by atoms with E-state index < -0.39 is 0 Å². The quantitative estimate of drug-likeness (QED) is 0.916. The van der Waals surface area contributed by atoms with E-state index in [1.807, 2.05) is 24.3 Å². The fraction of sp³-hybridized carbons (Fsp3) is 0.357. The molecule has 0 amide bonds. The second-order valence-corrected chi connectivity index (χ2v) is 5.98. The number of hydrogen-bond acceptors (Lipinski definition) is 6. The van der Waals surface area contributed by atoms with Gasteiger partial charge in [-0.2, -0.15) is 10.1 Å². The molecule has 1 fully saturated rings. The summed E-state index contributed by atoms with van der Waals surface area (Å²) in [4.78, 5) is 9.10. The number of anilines is 3. The average Bonchev–Trinajstić information content (AvgIpc) is 2.48. The van der Waals surface area contributed by atoms with Crippen LogP contribution in [0.1, 0.15) is 0 Å². The molecule has 0 unspecified atom stereocenters. The molecule has 2 aromatic rings. The highest BCUT2D eigenvalue weighted by Crippen LogP contribution is 2.19. The minimum absolute atomic E-state index is 0.518. The van der Waals surface area contributed by atoms with Crippen molar-refractivity contribution in [1.82, 2.24) is 20.1 Å². The predicted octanol–water partition coefficient (Wildman–Crippen LogP) is 2.13. The summed E-state index contributed by atoms with van der Waals surface area (Å²) in [6.45, 7) is 4.01. The summed E-state index contributed by atoms with van der Waals surface area (Å²) in [6, 6.07) is 7.89. The van der Waals surface area contributed by atoms with E-state index in [0.29, 0.717) is 5.95 Å². The normalized spacial score (nSPS) is 16.0. The molecule has 21 heavy (non-hydrogen) atoms. The number of aromatic nitrogens is 3. The van der Waals surface area contributed by atoms with Gasteiger partial charge in [-0.05, 0) is 25.2 Å². The molecule has 0 saturated carbocycles. The zero-order chi connectivity index (χ0) is 14.7. The van der Waals surface area contributed by atoms with Crippen LogP contribution < -0.4 is 10.2 Å². The van der Waals surface area contributed by atoms with E-state index in [-0.39, 0.29) is 0 Å². The molecule has 0 bridgehead atoms. The van der Waals surface area contributed by atoms with Crippen LogP contribution in [-0.2, 0) is 0 Å². The van der Waals surface area contributed by atoms with E-state index in [1.165, 1.54) is 0 Å². The van der Waals surface area contributed by atoms with Crippen LogP contribution in [0.2, 0.25) is 0 Å². The van der Waals surface area contributed by atoms with E-state index in [0.717, 1.165) is 42.2 Å². The third-order valence-electron chi connectivity index (χ3n) is 3.45. The van der Waals surface area contributed by atoms with Crippen molar-refractivity contribution in [1.29, 1.82) is 0 Å². The SMILES string of the molecule is CN1CCN(c2cnnc(Nc3cccc(Br)c3)n2)CC1. The number of benzene rings is 1. The van der Waals surface area contributed by atoms with Crippen molar-refractivity contribution in [2.24, 2.45) is 0 Å². The molecule has 1 N–H and O–H groups in total. The summed E-state index contributed by atoms with van der Waals surface area (Å²) >= 11 is 3.45. The Balaban J connectivity index is 1.74. The third kappa shape index (κ3) is 3.68. The molecule has 1 aromatic heterocycles. The zero-order valence-electron chi connectivity index (χ0n) is 11.8. The molecule has 110 valence electrons. The summed E-state index contributed by atoms with van der Waals surface area (Å²) in [6.07, 6.45) is 1.72. The average molecular weight is 349 g/mol. The van der Waals surface area contributed by atoms with Gasteiger partial charge in [0.05, 0.1) is 6.20 Å². The first kappa shape index (κ1) is 14.2. The van der Waals surface area contributed by atoms with E-state index >= 15 is 0 Å². The lowest BCUT2D eigenvalue weighted by molar-refractivity contribution is 0.312. The number of nitrogens with zero attached hydrogens (tertiary/aromatic N) is 5. The van der Waals surface area contributed by atoms with Gasteiger partial charge in [0.15, 0.2) is 5.82 Å². The van der Waals surface area contributed by atoms with E-state index in [9.17, 15) is 0 Å². The number of nitrogens with one attached hydrogen (secondary N) is 1. The van der Waals surface area contributed by atoms with Crippen LogP contribution >= 0.6 is 15.9 Å². The fourth-order valence-electron chi connectivity index (χ4n) is 2.23. The lowest BCUT2D eigenvalue weighted by Gasteiger charge is -2.32. The van der Waals surface area contributed by atoms with Crippen LogP contribution in [0.3, 0.4) is 0 Å². The maximum absolute atomic E-state index is 4.55. The van der Waals surface area contributed by atoms with Crippen molar-refractivity contribution in [3.63, 3.8) is 0 Å². The van der Waals surface area contributed by atoms with Crippen LogP contribution in [0.25, 0.3) is 0 Å². The van der Waals surface area contributed by atoms with Gasteiger partial charge in [0, 0.05) is 36.3 Å². The van der Waals surface area contributed by atoms with Gasteiger partial charge < -0.3 is 15.1 Å². The molecule has 0 atom stereocenters. The Morgan fingerprint density at radius 2 is 2.00 bits per heavy atom. The molecular weight excluding hydrogens is 332 g/mol.